The molecule has 0 saturated carbocycles. The van der Waals surface area contributed by atoms with Gasteiger partial charge in [0.2, 0.25) is 0 Å². The number of carbonyl (C=O) groups excluding carboxylic acids is 2. The van der Waals surface area contributed by atoms with E-state index >= 15 is 0 Å². The number of ether oxygens (including phenoxy) is 2. The van der Waals surface area contributed by atoms with Crippen LogP contribution in [-0.4, -0.2) is 45.5 Å². The highest BCUT2D eigenvalue weighted by molar-refractivity contribution is 7.92. The molecule has 0 amide bonds. The zero-order chi connectivity index (χ0) is 22.5. The third-order valence-electron chi connectivity index (χ3n) is 4.09. The molecule has 0 aromatic heterocycles. The van der Waals surface area contributed by atoms with Crippen molar-refractivity contribution in [1.82, 2.24) is 0 Å². The van der Waals surface area contributed by atoms with E-state index in [1.54, 1.807) is 13.8 Å². The van der Waals surface area contributed by atoms with Gasteiger partial charge in [0.15, 0.2) is 0 Å². The second-order valence-electron chi connectivity index (χ2n) is 6.06. The summed E-state index contributed by atoms with van der Waals surface area (Å²) >= 11 is 0. The number of esters is 2. The molecule has 2 rings (SSSR count). The van der Waals surface area contributed by atoms with E-state index in [0.29, 0.717) is 5.56 Å². The lowest BCUT2D eigenvalue weighted by atomic mass is 10.1. The molecule has 0 spiro atoms. The Balaban J connectivity index is 2.66. The van der Waals surface area contributed by atoms with Crippen molar-refractivity contribution in [2.75, 3.05) is 24.6 Å². The largest absolute Gasteiger partial charge is 0.465 e. The van der Waals surface area contributed by atoms with Crippen LogP contribution in [0.3, 0.4) is 0 Å². The molecule has 0 radical (unpaired) electrons. The molecule has 2 aromatic carbocycles. The van der Waals surface area contributed by atoms with Crippen LogP contribution in [0.4, 0.5) is 11.4 Å². The van der Waals surface area contributed by atoms with Crippen LogP contribution in [-0.2, 0) is 24.3 Å². The minimum atomic E-state index is -4.42. The number of hydrogen-bond donors (Lipinski definition) is 0. The Hall–Kier alpha value is -3.47. The number of sulfonamides is 1. The van der Waals surface area contributed by atoms with E-state index in [4.69, 9.17) is 4.74 Å². The third kappa shape index (κ3) is 4.92. The normalized spacial score (nSPS) is 10.9. The summed E-state index contributed by atoms with van der Waals surface area (Å²) in [5.74, 6) is -1.52. The molecule has 0 bridgehead atoms. The number of anilines is 1. The molecule has 0 N–H and O–H groups in total. The highest BCUT2D eigenvalue weighted by Gasteiger charge is 2.30. The number of carbonyl (C=O) groups is 2. The lowest BCUT2D eigenvalue weighted by Crippen LogP contribution is -2.37. The number of nitrogens with zero attached hydrogens (tertiary/aromatic N) is 2. The van der Waals surface area contributed by atoms with E-state index < -0.39 is 39.1 Å². The summed E-state index contributed by atoms with van der Waals surface area (Å²) in [5.41, 5.74) is 0.131. The van der Waals surface area contributed by atoms with E-state index in [9.17, 15) is 28.1 Å². The third-order valence-corrected chi connectivity index (χ3v) is 5.85. The second kappa shape index (κ2) is 9.35. The Morgan fingerprint density at radius 3 is 2.47 bits per heavy atom. The number of rotatable bonds is 8. The number of nitro groups is 1. The molecule has 30 heavy (non-hydrogen) atoms. The van der Waals surface area contributed by atoms with Gasteiger partial charge >= 0.3 is 11.9 Å². The summed E-state index contributed by atoms with van der Waals surface area (Å²) in [6, 6.07) is 8.68. The number of methoxy groups -OCH3 is 1. The van der Waals surface area contributed by atoms with Gasteiger partial charge < -0.3 is 9.47 Å². The number of non-ortho nitro benzene ring substituents is 1. The molecule has 0 heterocycles. The smallest absolute Gasteiger partial charge is 0.337 e. The lowest BCUT2D eigenvalue weighted by molar-refractivity contribution is -0.385. The number of benzene rings is 2. The average molecular weight is 436 g/mol. The topological polar surface area (TPSA) is 133 Å². The molecule has 0 aliphatic rings. The molecule has 10 nitrogen and oxygen atoms in total. The van der Waals surface area contributed by atoms with Gasteiger partial charge in [0.25, 0.3) is 15.7 Å². The van der Waals surface area contributed by atoms with Crippen molar-refractivity contribution in [2.45, 2.75) is 18.7 Å². The van der Waals surface area contributed by atoms with Crippen LogP contribution in [0.5, 0.6) is 0 Å². The molecular formula is C19H20N2O8S. The summed E-state index contributed by atoms with van der Waals surface area (Å²) in [6.07, 6.45) is 0. The van der Waals surface area contributed by atoms with Crippen LogP contribution in [0.25, 0.3) is 0 Å². The van der Waals surface area contributed by atoms with Crippen molar-refractivity contribution in [1.29, 1.82) is 0 Å². The van der Waals surface area contributed by atoms with Gasteiger partial charge in [-0.3, -0.25) is 19.2 Å². The molecule has 0 fully saturated rings. The Morgan fingerprint density at radius 1 is 1.17 bits per heavy atom. The maximum atomic E-state index is 13.3. The Kier molecular flexibility index (Phi) is 7.11. The van der Waals surface area contributed by atoms with Gasteiger partial charge in [0.1, 0.15) is 6.54 Å². The summed E-state index contributed by atoms with van der Waals surface area (Å²) in [5, 5.41) is 11.1. The SMILES string of the molecule is CCOC(=O)CN(c1cc(C(=O)OC)ccc1C)S(=O)(=O)c1cccc([N+](=O)[O-])c1. The molecule has 0 saturated heterocycles. The lowest BCUT2D eigenvalue weighted by Gasteiger charge is -2.25. The molecule has 0 aliphatic carbocycles. The molecule has 160 valence electrons. The molecule has 0 aliphatic heterocycles. The van der Waals surface area contributed by atoms with Gasteiger partial charge in [-0.2, -0.15) is 0 Å². The first-order chi connectivity index (χ1) is 14.1. The van der Waals surface area contributed by atoms with Crippen molar-refractivity contribution in [3.8, 4) is 0 Å². The van der Waals surface area contributed by atoms with Crippen LogP contribution < -0.4 is 4.31 Å². The van der Waals surface area contributed by atoms with E-state index in [-0.39, 0.29) is 22.8 Å². The average Bonchev–Trinajstić information content (AvgIpc) is 2.72. The summed E-state index contributed by atoms with van der Waals surface area (Å²) < 4.78 is 37.0. The van der Waals surface area contributed by atoms with E-state index in [2.05, 4.69) is 4.74 Å². The summed E-state index contributed by atoms with van der Waals surface area (Å²) in [6.45, 7) is 2.51. The first-order valence-corrected chi connectivity index (χ1v) is 10.2. The quantitative estimate of drug-likeness (QED) is 0.350. The van der Waals surface area contributed by atoms with Crippen LogP contribution in [0, 0.1) is 17.0 Å². The second-order valence-corrected chi connectivity index (χ2v) is 7.93. The number of aryl methyl sites for hydroxylation is 1. The fourth-order valence-electron chi connectivity index (χ4n) is 2.63. The minimum Gasteiger partial charge on any atom is -0.465 e. The first kappa shape index (κ1) is 22.8. The van der Waals surface area contributed by atoms with Crippen molar-refractivity contribution in [3.05, 3.63) is 63.7 Å². The van der Waals surface area contributed by atoms with Crippen molar-refractivity contribution in [3.63, 3.8) is 0 Å². The van der Waals surface area contributed by atoms with Crippen LogP contribution in [0.15, 0.2) is 47.4 Å². The van der Waals surface area contributed by atoms with Crippen LogP contribution in [0.2, 0.25) is 0 Å². The predicted octanol–water partition coefficient (Wildman–Crippen LogP) is 2.45. The van der Waals surface area contributed by atoms with Crippen molar-refractivity contribution in [2.24, 2.45) is 0 Å². The monoisotopic (exact) mass is 436 g/mol. The van der Waals surface area contributed by atoms with Gasteiger partial charge in [-0.1, -0.05) is 12.1 Å². The zero-order valence-corrected chi connectivity index (χ0v) is 17.3. The van der Waals surface area contributed by atoms with Crippen molar-refractivity contribution >= 4 is 33.3 Å². The first-order valence-electron chi connectivity index (χ1n) is 8.73. The van der Waals surface area contributed by atoms with E-state index in [1.807, 2.05) is 0 Å². The minimum absolute atomic E-state index is 0.0325. The fourth-order valence-corrected chi connectivity index (χ4v) is 4.14. The molecule has 0 atom stereocenters. The van der Waals surface area contributed by atoms with Gasteiger partial charge in [-0.25, -0.2) is 13.2 Å². The van der Waals surface area contributed by atoms with Crippen LogP contribution in [0.1, 0.15) is 22.8 Å². The van der Waals surface area contributed by atoms with Crippen LogP contribution >= 0.6 is 0 Å². The molecular weight excluding hydrogens is 416 g/mol. The maximum Gasteiger partial charge on any atom is 0.337 e. The summed E-state index contributed by atoms with van der Waals surface area (Å²) in [4.78, 5) is 34.0. The molecule has 2 aromatic rings. The number of nitro benzene ring substituents is 1. The zero-order valence-electron chi connectivity index (χ0n) is 16.5. The van der Waals surface area contributed by atoms with Gasteiger partial charge in [-0.05, 0) is 37.6 Å². The Morgan fingerprint density at radius 2 is 1.87 bits per heavy atom. The fraction of sp³-hybridized carbons (Fsp3) is 0.263. The van der Waals surface area contributed by atoms with E-state index in [1.165, 1.54) is 37.4 Å². The Bertz CT molecular complexity index is 1080. The maximum absolute atomic E-state index is 13.3. The Labute approximate surface area is 173 Å². The standard InChI is InChI=1S/C19H20N2O8S/c1-4-29-18(22)12-20(17-10-14(19(23)28-3)9-8-13(17)2)30(26,27)16-7-5-6-15(11-16)21(24)25/h5-11H,4,12H2,1-3H3. The predicted molar refractivity (Wildman–Crippen MR) is 107 cm³/mol. The highest BCUT2D eigenvalue weighted by Crippen LogP contribution is 2.29. The van der Waals surface area contributed by atoms with E-state index in [0.717, 1.165) is 16.4 Å². The van der Waals surface area contributed by atoms with Gasteiger partial charge in [0, 0.05) is 12.1 Å². The number of hydrogen-bond acceptors (Lipinski definition) is 8. The summed E-state index contributed by atoms with van der Waals surface area (Å²) in [7, 11) is -3.24. The highest BCUT2D eigenvalue weighted by atomic mass is 32.2. The van der Waals surface area contributed by atoms with Crippen molar-refractivity contribution < 1.29 is 32.4 Å². The molecule has 11 heteroatoms. The molecule has 0 unspecified atom stereocenters. The van der Waals surface area contributed by atoms with Gasteiger partial charge in [-0.15, -0.1) is 0 Å². The van der Waals surface area contributed by atoms with Gasteiger partial charge in [0.05, 0.1) is 34.8 Å².